The van der Waals surface area contributed by atoms with Crippen LogP contribution in [-0.2, 0) is 4.79 Å². The van der Waals surface area contributed by atoms with Gasteiger partial charge in [-0.2, -0.15) is 5.26 Å². The van der Waals surface area contributed by atoms with Gasteiger partial charge in [0, 0.05) is 10.2 Å². The Morgan fingerprint density at radius 3 is 2.69 bits per heavy atom. The summed E-state index contributed by atoms with van der Waals surface area (Å²) < 4.78 is 12.2. The zero-order valence-corrected chi connectivity index (χ0v) is 21.1. The highest BCUT2D eigenvalue weighted by atomic mass is 79.9. The fourth-order valence-electron chi connectivity index (χ4n) is 3.55. The van der Waals surface area contributed by atoms with E-state index in [9.17, 15) is 10.1 Å². The average molecular weight is 531 g/mol. The van der Waals surface area contributed by atoms with Gasteiger partial charge < -0.3 is 19.8 Å². The first-order valence-electron chi connectivity index (χ1n) is 10.8. The first-order chi connectivity index (χ1) is 16.9. The van der Waals surface area contributed by atoms with Gasteiger partial charge in [0.2, 0.25) is 0 Å². The Balaban J connectivity index is 1.48. The number of aromatic nitrogens is 2. The molecule has 0 unspecified atom stereocenters. The van der Waals surface area contributed by atoms with Gasteiger partial charge in [0.15, 0.2) is 18.1 Å². The van der Waals surface area contributed by atoms with Gasteiger partial charge in [0.05, 0.1) is 23.7 Å². The van der Waals surface area contributed by atoms with Crippen molar-refractivity contribution in [2.75, 3.05) is 19.0 Å². The number of carbonyl (C=O) groups excluding carboxylic acids is 1. The molecular weight excluding hydrogens is 508 g/mol. The maximum atomic E-state index is 12.5. The number of benzene rings is 3. The molecule has 4 rings (SSSR count). The zero-order chi connectivity index (χ0) is 24.9. The Morgan fingerprint density at radius 1 is 1.14 bits per heavy atom. The molecule has 1 aromatic heterocycles. The van der Waals surface area contributed by atoms with Crippen molar-refractivity contribution in [1.82, 2.24) is 9.97 Å². The number of anilines is 1. The van der Waals surface area contributed by atoms with Crippen molar-refractivity contribution in [3.05, 3.63) is 81.6 Å². The first kappa shape index (κ1) is 24.0. The molecule has 4 aromatic rings. The van der Waals surface area contributed by atoms with Crippen LogP contribution in [0.5, 0.6) is 11.5 Å². The predicted octanol–water partition coefficient (Wildman–Crippen LogP) is 6.03. The van der Waals surface area contributed by atoms with Crippen molar-refractivity contribution in [3.8, 4) is 17.6 Å². The van der Waals surface area contributed by atoms with E-state index < -0.39 is 0 Å². The van der Waals surface area contributed by atoms with Crippen molar-refractivity contribution in [2.45, 2.75) is 13.8 Å². The number of halogens is 1. The standard InChI is InChI=1S/C27H23BrN4O3/c1-16-17(2)21(10-9-20(16)28)30-26(33)15-35-24-11-8-18(13-25(24)34-3)12-19(14-29)27-31-22-6-4-5-7-23(22)32-27/h4-13H,15H2,1-3H3,(H,30,33)(H,31,32)/b19-12+. The Morgan fingerprint density at radius 2 is 1.94 bits per heavy atom. The Kier molecular flexibility index (Phi) is 7.18. The van der Waals surface area contributed by atoms with Crippen LogP contribution in [0.2, 0.25) is 0 Å². The van der Waals surface area contributed by atoms with Crippen LogP contribution in [0.4, 0.5) is 5.69 Å². The summed E-state index contributed by atoms with van der Waals surface area (Å²) in [6.07, 6.45) is 1.72. The van der Waals surface area contributed by atoms with E-state index in [0.29, 0.717) is 22.9 Å². The SMILES string of the molecule is COc1cc(/C=C(\C#N)c2nc3ccccc3[nH]2)ccc1OCC(=O)Nc1ccc(Br)c(C)c1C. The van der Waals surface area contributed by atoms with Crippen LogP contribution < -0.4 is 14.8 Å². The van der Waals surface area contributed by atoms with Crippen LogP contribution in [0.1, 0.15) is 22.5 Å². The van der Waals surface area contributed by atoms with Gasteiger partial charge in [-0.25, -0.2) is 4.98 Å². The largest absolute Gasteiger partial charge is 0.493 e. The lowest BCUT2D eigenvalue weighted by molar-refractivity contribution is -0.118. The van der Waals surface area contributed by atoms with Crippen molar-refractivity contribution >= 4 is 50.2 Å². The molecule has 0 saturated carbocycles. The highest BCUT2D eigenvalue weighted by Crippen LogP contribution is 2.30. The molecule has 0 bridgehead atoms. The third-order valence-corrected chi connectivity index (χ3v) is 6.48. The molecule has 7 nitrogen and oxygen atoms in total. The molecule has 0 radical (unpaired) electrons. The molecule has 0 spiro atoms. The van der Waals surface area contributed by atoms with E-state index in [-0.39, 0.29) is 12.5 Å². The summed E-state index contributed by atoms with van der Waals surface area (Å²) in [6.45, 7) is 3.76. The molecule has 1 heterocycles. The summed E-state index contributed by atoms with van der Waals surface area (Å²) >= 11 is 3.49. The molecule has 35 heavy (non-hydrogen) atoms. The Bertz CT molecular complexity index is 1450. The number of nitrogens with zero attached hydrogens (tertiary/aromatic N) is 2. The number of amides is 1. The third kappa shape index (κ3) is 5.36. The molecule has 0 aliphatic heterocycles. The number of nitriles is 1. The van der Waals surface area contributed by atoms with Crippen LogP contribution in [-0.4, -0.2) is 29.6 Å². The number of para-hydroxylation sites is 2. The third-order valence-electron chi connectivity index (χ3n) is 5.62. The molecule has 0 fully saturated rings. The maximum Gasteiger partial charge on any atom is 0.262 e. The molecule has 0 saturated heterocycles. The highest BCUT2D eigenvalue weighted by molar-refractivity contribution is 9.10. The van der Waals surface area contributed by atoms with Crippen LogP contribution in [0.3, 0.4) is 0 Å². The fourth-order valence-corrected chi connectivity index (χ4v) is 3.98. The van der Waals surface area contributed by atoms with Gasteiger partial charge in [-0.15, -0.1) is 0 Å². The number of fused-ring (bicyclic) bond motifs is 1. The zero-order valence-electron chi connectivity index (χ0n) is 19.5. The molecule has 3 aromatic carbocycles. The second-order valence-corrected chi connectivity index (χ2v) is 8.72. The van der Waals surface area contributed by atoms with Gasteiger partial charge in [0.1, 0.15) is 11.9 Å². The molecule has 176 valence electrons. The number of imidazole rings is 1. The number of H-pyrrole nitrogens is 1. The van der Waals surface area contributed by atoms with E-state index in [0.717, 1.165) is 37.9 Å². The summed E-state index contributed by atoms with van der Waals surface area (Å²) in [5.74, 6) is 1.08. The predicted molar refractivity (Wildman–Crippen MR) is 140 cm³/mol. The van der Waals surface area contributed by atoms with Gasteiger partial charge in [0.25, 0.3) is 5.91 Å². The summed E-state index contributed by atoms with van der Waals surface area (Å²) in [5, 5.41) is 12.6. The topological polar surface area (TPSA) is 100 Å². The number of hydrogen-bond acceptors (Lipinski definition) is 5. The van der Waals surface area contributed by atoms with Crippen molar-refractivity contribution in [2.24, 2.45) is 0 Å². The van der Waals surface area contributed by atoms with Crippen LogP contribution in [0, 0.1) is 25.2 Å². The van der Waals surface area contributed by atoms with Crippen molar-refractivity contribution in [3.63, 3.8) is 0 Å². The van der Waals surface area contributed by atoms with Crippen molar-refractivity contribution < 1.29 is 14.3 Å². The van der Waals surface area contributed by atoms with E-state index in [1.807, 2.05) is 50.2 Å². The van der Waals surface area contributed by atoms with Gasteiger partial charge in [-0.05, 0) is 73.0 Å². The van der Waals surface area contributed by atoms with Gasteiger partial charge in [-0.1, -0.05) is 34.1 Å². The number of methoxy groups -OCH3 is 1. The second-order valence-electron chi connectivity index (χ2n) is 7.86. The van der Waals surface area contributed by atoms with E-state index in [2.05, 4.69) is 37.3 Å². The summed E-state index contributed by atoms with van der Waals surface area (Å²) in [4.78, 5) is 20.1. The lowest BCUT2D eigenvalue weighted by Gasteiger charge is -2.14. The summed E-state index contributed by atoms with van der Waals surface area (Å²) in [5.41, 5.74) is 5.55. The molecule has 0 atom stereocenters. The number of rotatable bonds is 7. The average Bonchev–Trinajstić information content (AvgIpc) is 3.30. The number of nitrogens with one attached hydrogen (secondary N) is 2. The monoisotopic (exact) mass is 530 g/mol. The van der Waals surface area contributed by atoms with E-state index in [1.165, 1.54) is 7.11 Å². The maximum absolute atomic E-state index is 12.5. The normalized spacial score (nSPS) is 11.2. The molecular formula is C27H23BrN4O3. The Labute approximate surface area is 211 Å². The lowest BCUT2D eigenvalue weighted by Crippen LogP contribution is -2.21. The minimum atomic E-state index is -0.280. The number of hydrogen-bond donors (Lipinski definition) is 2. The minimum absolute atomic E-state index is 0.178. The number of carbonyl (C=O) groups is 1. The molecule has 0 aliphatic carbocycles. The highest BCUT2D eigenvalue weighted by Gasteiger charge is 2.13. The number of ether oxygens (including phenoxy) is 2. The number of allylic oxidation sites excluding steroid dienone is 1. The Hall–Kier alpha value is -4.09. The van der Waals surface area contributed by atoms with E-state index in [4.69, 9.17) is 9.47 Å². The number of aromatic amines is 1. The summed E-state index contributed by atoms with van der Waals surface area (Å²) in [6, 6.07) is 18.8. The van der Waals surface area contributed by atoms with Crippen LogP contribution in [0.15, 0.2) is 59.1 Å². The van der Waals surface area contributed by atoms with Crippen LogP contribution >= 0.6 is 15.9 Å². The van der Waals surface area contributed by atoms with Crippen molar-refractivity contribution in [1.29, 1.82) is 5.26 Å². The minimum Gasteiger partial charge on any atom is -0.493 e. The van der Waals surface area contributed by atoms with Crippen LogP contribution in [0.25, 0.3) is 22.7 Å². The van der Waals surface area contributed by atoms with E-state index >= 15 is 0 Å². The fraction of sp³-hybridized carbons (Fsp3) is 0.148. The van der Waals surface area contributed by atoms with Gasteiger partial charge >= 0.3 is 0 Å². The molecule has 1 amide bonds. The van der Waals surface area contributed by atoms with E-state index in [1.54, 1.807) is 24.3 Å². The smallest absolute Gasteiger partial charge is 0.262 e. The van der Waals surface area contributed by atoms with Gasteiger partial charge in [-0.3, -0.25) is 4.79 Å². The molecule has 2 N–H and O–H groups in total. The molecule has 0 aliphatic rings. The second kappa shape index (κ2) is 10.5. The quantitative estimate of drug-likeness (QED) is 0.284. The summed E-state index contributed by atoms with van der Waals surface area (Å²) in [7, 11) is 1.52. The lowest BCUT2D eigenvalue weighted by atomic mass is 10.1. The molecule has 8 heteroatoms. The first-order valence-corrected chi connectivity index (χ1v) is 11.6.